The van der Waals surface area contributed by atoms with Gasteiger partial charge in [-0.1, -0.05) is 44.2 Å². The average Bonchev–Trinajstić information content (AvgIpc) is 3.61. The van der Waals surface area contributed by atoms with Gasteiger partial charge in [0.1, 0.15) is 5.69 Å². The molecule has 0 unspecified atom stereocenters. The molecule has 0 saturated carbocycles. The number of aromatic nitrogens is 2. The third kappa shape index (κ3) is 6.76. The van der Waals surface area contributed by atoms with Gasteiger partial charge in [0.15, 0.2) is 5.17 Å². The van der Waals surface area contributed by atoms with E-state index in [2.05, 4.69) is 4.99 Å². The number of carbonyl (C=O) groups is 2. The molecule has 2 N–H and O–H groups in total. The van der Waals surface area contributed by atoms with E-state index in [-0.39, 0.29) is 22.6 Å². The fourth-order valence-corrected chi connectivity index (χ4v) is 7.89. The molecule has 0 aliphatic carbocycles. The summed E-state index contributed by atoms with van der Waals surface area (Å²) in [7, 11) is -3.70. The largest absolute Gasteiger partial charge is 0.369 e. The van der Waals surface area contributed by atoms with Crippen LogP contribution in [0.15, 0.2) is 75.6 Å². The number of benzene rings is 2. The summed E-state index contributed by atoms with van der Waals surface area (Å²) in [4.78, 5) is 31.6. The van der Waals surface area contributed by atoms with Crippen molar-refractivity contribution in [1.82, 2.24) is 19.0 Å². The number of rotatable bonds is 10. The molecule has 1 saturated heterocycles. The first-order valence-electron chi connectivity index (χ1n) is 14.5. The first-order chi connectivity index (χ1) is 20.7. The smallest absolute Gasteiger partial charge is 0.286 e. The number of sulfonamides is 1. The van der Waals surface area contributed by atoms with Crippen LogP contribution >= 0.6 is 11.8 Å². The minimum atomic E-state index is -3.70. The Bertz CT molecular complexity index is 1650. The molecule has 2 aromatic carbocycles. The monoisotopic (exact) mass is 620 g/mol. The number of thioether (sulfide) groups is 1. The van der Waals surface area contributed by atoms with Gasteiger partial charge in [0.05, 0.1) is 15.5 Å². The van der Waals surface area contributed by atoms with Crippen LogP contribution in [0, 0.1) is 5.92 Å². The van der Waals surface area contributed by atoms with E-state index >= 15 is 0 Å². The Kier molecular flexibility index (Phi) is 9.48. The molecule has 1 aromatic heterocycles. The van der Waals surface area contributed by atoms with Crippen LogP contribution in [0.5, 0.6) is 0 Å². The third-order valence-electron chi connectivity index (χ3n) is 7.52. The van der Waals surface area contributed by atoms with Gasteiger partial charge < -0.3 is 10.6 Å². The van der Waals surface area contributed by atoms with Gasteiger partial charge >= 0.3 is 0 Å². The summed E-state index contributed by atoms with van der Waals surface area (Å²) in [6, 6.07) is 16.4. The van der Waals surface area contributed by atoms with Gasteiger partial charge in [-0.3, -0.25) is 9.59 Å². The second-order valence-corrected chi connectivity index (χ2v) is 13.6. The zero-order chi connectivity index (χ0) is 30.6. The molecular weight excluding hydrogens is 585 g/mol. The maximum absolute atomic E-state index is 13.6. The number of carbonyl (C=O) groups excluding carboxylic acids is 2. The SMILES string of the molecule is CCCN(CCC)S(=O)(=O)c1cccc(-c2nn(-c3ccccc3)cc2C=C2SC(N3CCC(C(N)=O)CC3)=NC2=O)c1. The molecule has 2 amide bonds. The summed E-state index contributed by atoms with van der Waals surface area (Å²) in [6.45, 7) is 6.03. The molecule has 5 rings (SSSR count). The number of para-hydroxylation sites is 1. The Morgan fingerprint density at radius 2 is 1.77 bits per heavy atom. The highest BCUT2D eigenvalue weighted by molar-refractivity contribution is 8.18. The molecule has 0 bridgehead atoms. The minimum Gasteiger partial charge on any atom is -0.369 e. The van der Waals surface area contributed by atoms with Gasteiger partial charge in [-0.25, -0.2) is 13.1 Å². The van der Waals surface area contributed by atoms with Gasteiger partial charge in [-0.2, -0.15) is 14.4 Å². The van der Waals surface area contributed by atoms with Crippen molar-refractivity contribution in [2.75, 3.05) is 26.2 Å². The number of aliphatic imine (C=N–C) groups is 1. The van der Waals surface area contributed by atoms with Gasteiger partial charge in [0.2, 0.25) is 15.9 Å². The van der Waals surface area contributed by atoms with E-state index in [0.29, 0.717) is 65.9 Å². The molecule has 0 spiro atoms. The van der Waals surface area contributed by atoms with Crippen LogP contribution in [0.4, 0.5) is 0 Å². The zero-order valence-electron chi connectivity index (χ0n) is 24.3. The van der Waals surface area contributed by atoms with Gasteiger partial charge in [0, 0.05) is 49.4 Å². The zero-order valence-corrected chi connectivity index (χ0v) is 26.0. The third-order valence-corrected chi connectivity index (χ3v) is 10.5. The molecule has 43 heavy (non-hydrogen) atoms. The van der Waals surface area contributed by atoms with Crippen molar-refractivity contribution in [1.29, 1.82) is 0 Å². The summed E-state index contributed by atoms with van der Waals surface area (Å²) < 4.78 is 30.4. The molecule has 0 atom stereocenters. The van der Waals surface area contributed by atoms with Crippen molar-refractivity contribution in [3.8, 4) is 16.9 Å². The van der Waals surface area contributed by atoms with Crippen LogP contribution in [0.2, 0.25) is 0 Å². The van der Waals surface area contributed by atoms with Crippen LogP contribution in [0.25, 0.3) is 23.0 Å². The maximum Gasteiger partial charge on any atom is 0.286 e. The Hall–Kier alpha value is -3.74. The molecule has 1 fully saturated rings. The van der Waals surface area contributed by atoms with Crippen LogP contribution < -0.4 is 5.73 Å². The Labute approximate surface area is 256 Å². The van der Waals surface area contributed by atoms with Crippen molar-refractivity contribution in [2.45, 2.75) is 44.4 Å². The number of piperidine rings is 1. The van der Waals surface area contributed by atoms with Crippen molar-refractivity contribution in [3.63, 3.8) is 0 Å². The lowest BCUT2D eigenvalue weighted by atomic mass is 9.97. The first-order valence-corrected chi connectivity index (χ1v) is 16.8. The number of primary amides is 1. The van der Waals surface area contributed by atoms with E-state index in [4.69, 9.17) is 10.8 Å². The van der Waals surface area contributed by atoms with E-state index in [1.807, 2.05) is 61.3 Å². The van der Waals surface area contributed by atoms with Crippen molar-refractivity contribution in [3.05, 3.63) is 71.3 Å². The Balaban J connectivity index is 1.49. The lowest BCUT2D eigenvalue weighted by Gasteiger charge is -2.31. The number of nitrogens with zero attached hydrogens (tertiary/aromatic N) is 5. The summed E-state index contributed by atoms with van der Waals surface area (Å²) in [5.74, 6) is -0.793. The predicted molar refractivity (Wildman–Crippen MR) is 170 cm³/mol. The second-order valence-electron chi connectivity index (χ2n) is 10.6. The number of nitrogens with two attached hydrogens (primary N) is 1. The highest BCUT2D eigenvalue weighted by Crippen LogP contribution is 2.35. The van der Waals surface area contributed by atoms with Crippen LogP contribution in [0.3, 0.4) is 0 Å². The van der Waals surface area contributed by atoms with Crippen molar-refractivity contribution in [2.24, 2.45) is 16.6 Å². The Morgan fingerprint density at radius 3 is 2.42 bits per heavy atom. The maximum atomic E-state index is 13.6. The van der Waals surface area contributed by atoms with Crippen molar-refractivity contribution < 1.29 is 18.0 Å². The Morgan fingerprint density at radius 1 is 1.07 bits per heavy atom. The summed E-state index contributed by atoms with van der Waals surface area (Å²) in [6.07, 6.45) is 6.30. The van der Waals surface area contributed by atoms with Gasteiger partial charge in [0.25, 0.3) is 5.91 Å². The number of hydrogen-bond acceptors (Lipinski definition) is 7. The van der Waals surface area contributed by atoms with Crippen LogP contribution in [-0.4, -0.2) is 70.6 Å². The lowest BCUT2D eigenvalue weighted by Crippen LogP contribution is -2.40. The molecule has 10 nitrogen and oxygen atoms in total. The van der Waals surface area contributed by atoms with E-state index in [1.54, 1.807) is 29.0 Å². The number of amides is 2. The molecule has 12 heteroatoms. The first kappa shape index (κ1) is 30.7. The fraction of sp³-hybridized carbons (Fsp3) is 0.355. The summed E-state index contributed by atoms with van der Waals surface area (Å²) in [5.41, 5.74) is 8.15. The quantitative estimate of drug-likeness (QED) is 0.330. The minimum absolute atomic E-state index is 0.157. The van der Waals surface area contributed by atoms with E-state index in [0.717, 1.165) is 18.5 Å². The highest BCUT2D eigenvalue weighted by atomic mass is 32.2. The molecule has 2 aliphatic rings. The molecular formula is C31H36N6O4S2. The summed E-state index contributed by atoms with van der Waals surface area (Å²) >= 11 is 1.29. The standard InChI is InChI=1S/C31H36N6O4S2/c1-3-15-36(16-4-2)43(40,41)26-12-8-9-23(19-26)28-24(21-37(34-28)25-10-6-5-7-11-25)20-27-30(39)33-31(42-27)35-17-13-22(14-18-35)29(32)38/h5-12,19-22H,3-4,13-18H2,1-2H3,(H2,32,38). The fourth-order valence-electron chi connectivity index (χ4n) is 5.26. The highest BCUT2D eigenvalue weighted by Gasteiger charge is 2.31. The topological polar surface area (TPSA) is 131 Å². The van der Waals surface area contributed by atoms with Crippen LogP contribution in [0.1, 0.15) is 45.1 Å². The summed E-state index contributed by atoms with van der Waals surface area (Å²) in [5, 5.41) is 5.45. The lowest BCUT2D eigenvalue weighted by molar-refractivity contribution is -0.123. The van der Waals surface area contributed by atoms with Gasteiger partial charge in [-0.15, -0.1) is 0 Å². The van der Waals surface area contributed by atoms with Gasteiger partial charge in [-0.05, 0) is 67.8 Å². The normalized spacial score (nSPS) is 17.2. The second kappa shape index (κ2) is 13.3. The molecule has 226 valence electrons. The molecule has 3 heterocycles. The van der Waals surface area contributed by atoms with Crippen LogP contribution in [-0.2, 0) is 19.6 Å². The molecule has 0 radical (unpaired) electrons. The number of amidine groups is 1. The van der Waals surface area contributed by atoms with E-state index in [1.165, 1.54) is 16.1 Å². The average molecular weight is 621 g/mol. The predicted octanol–water partition coefficient (Wildman–Crippen LogP) is 4.52. The van der Waals surface area contributed by atoms with E-state index in [9.17, 15) is 18.0 Å². The number of hydrogen-bond donors (Lipinski definition) is 1. The molecule has 3 aromatic rings. The molecule has 2 aliphatic heterocycles. The van der Waals surface area contributed by atoms with E-state index < -0.39 is 10.0 Å². The number of likely N-dealkylation sites (tertiary alicyclic amines) is 1. The van der Waals surface area contributed by atoms with Crippen molar-refractivity contribution >= 4 is 44.8 Å².